The summed E-state index contributed by atoms with van der Waals surface area (Å²) in [4.78, 5) is 16.5. The van der Waals surface area contributed by atoms with Crippen LogP contribution in [0.4, 0.5) is 0 Å². The second-order valence-corrected chi connectivity index (χ2v) is 0.447. The summed E-state index contributed by atoms with van der Waals surface area (Å²) < 4.78 is 0. The number of nitrogens with zero attached hydrogens (tertiary/aromatic N) is 2. The predicted molar refractivity (Wildman–Crippen MR) is 32.2 cm³/mol. The van der Waals surface area contributed by atoms with Crippen molar-refractivity contribution in [3.05, 3.63) is 30.6 Å². The molecule has 0 radical (unpaired) electrons. The zero-order valence-corrected chi connectivity index (χ0v) is 13.5. The van der Waals surface area contributed by atoms with Crippen molar-refractivity contribution in [2.75, 3.05) is 0 Å². The summed E-state index contributed by atoms with van der Waals surface area (Å²) in [5.74, 6) is 0. The molecule has 0 saturated carbocycles. The van der Waals surface area contributed by atoms with Gasteiger partial charge in [0, 0.05) is 0 Å². The zero-order valence-electron chi connectivity index (χ0n) is 4.50. The van der Waals surface area contributed by atoms with Gasteiger partial charge in [0.25, 0.3) is 0 Å². The van der Waals surface area contributed by atoms with Gasteiger partial charge in [-0.1, -0.05) is 0 Å². The van der Waals surface area contributed by atoms with Crippen LogP contribution >= 0.6 is 0 Å². The van der Waals surface area contributed by atoms with Gasteiger partial charge in [-0.3, -0.25) is 0 Å². The molecule has 0 unspecified atom stereocenters. The van der Waals surface area contributed by atoms with Gasteiger partial charge in [-0.05, 0) is 0 Å². The molecule has 0 aliphatic heterocycles. The molecule has 52 valence electrons. The molecule has 0 aliphatic carbocycles. The van der Waals surface area contributed by atoms with Crippen LogP contribution in [0.15, 0.2) is 0 Å². The Morgan fingerprint density at radius 2 is 0.700 bits per heavy atom. The average Bonchev–Trinajstić information content (AvgIpc) is 1.25. The Labute approximate surface area is 94.7 Å². The molecule has 0 saturated heterocycles. The van der Waals surface area contributed by atoms with E-state index in [1.54, 1.807) is 0 Å². The normalized spacial score (nSPS) is 4.80. The van der Waals surface area contributed by atoms with Crippen LogP contribution in [0.3, 0.4) is 0 Å². The van der Waals surface area contributed by atoms with Crippen LogP contribution in [-0.2, 0) is 0 Å². The number of hydrogen-bond acceptors (Lipinski definition) is 6. The quantitative estimate of drug-likeness (QED) is 0.218. The fraction of sp³-hybridized carbons (Fsp3) is 0. The van der Waals surface area contributed by atoms with E-state index in [4.69, 9.17) is 30.6 Å². The van der Waals surface area contributed by atoms with Crippen LogP contribution < -0.4 is 0 Å². The monoisotopic (exact) mass is 534 g/mol. The minimum absolute atomic E-state index is 0. The Bertz CT molecular complexity index is 71.7. The van der Waals surface area contributed by atoms with Gasteiger partial charge >= 0.3 is 54.6 Å². The second-order valence-electron chi connectivity index (χ2n) is 0.447. The third kappa shape index (κ3) is 7260. The molecule has 0 bridgehead atoms. The van der Waals surface area contributed by atoms with Crippen molar-refractivity contribution in [1.82, 2.24) is 0 Å². The maximum absolute atomic E-state index is 8.25. The van der Waals surface area contributed by atoms with Crippen molar-refractivity contribution in [1.29, 1.82) is 0 Å². The first kappa shape index (κ1) is 22.5. The van der Waals surface area contributed by atoms with E-state index in [0.717, 1.165) is 0 Å². The second kappa shape index (κ2) is 16.1. The molecule has 0 N–H and O–H groups in total. The molecule has 0 aromatic rings. The van der Waals surface area contributed by atoms with Crippen molar-refractivity contribution < 1.29 is 10.2 Å². The Morgan fingerprint density at radius 1 is 0.700 bits per heavy atom. The van der Waals surface area contributed by atoms with Crippen LogP contribution in [0.1, 0.15) is 0 Å². The Hall–Kier alpha value is 0.244. The Balaban J connectivity index is -0.0000000300. The SMILES string of the molecule is O=[N+]([O-])[O-].O=[N+]([O-])[O-].[Tl+].[Tl+]. The zero-order chi connectivity index (χ0) is 7.15. The van der Waals surface area contributed by atoms with Crippen LogP contribution in [0.2, 0.25) is 0 Å². The standard InChI is InChI=1S/2NO3.2Tl/c2*2-1(3)4;;/q2*-1;2*+1. The maximum atomic E-state index is 8.25. The summed E-state index contributed by atoms with van der Waals surface area (Å²) in [6, 6.07) is 0. The molecule has 0 atom stereocenters. The number of rotatable bonds is 0. The molecule has 0 aromatic carbocycles. The third-order valence-corrected chi connectivity index (χ3v) is 0. The van der Waals surface area contributed by atoms with Gasteiger partial charge in [0.05, 0.1) is 10.2 Å². The molecule has 8 nitrogen and oxygen atoms in total. The fourth-order valence-electron chi connectivity index (χ4n) is 0. The maximum Gasteiger partial charge on any atom is 1.00 e. The van der Waals surface area contributed by atoms with E-state index >= 15 is 0 Å². The molecule has 0 spiro atoms. The van der Waals surface area contributed by atoms with Gasteiger partial charge in [0.2, 0.25) is 0 Å². The fourth-order valence-corrected chi connectivity index (χ4v) is 0. The van der Waals surface area contributed by atoms with Crippen LogP contribution in [-0.4, -0.2) is 64.8 Å². The third-order valence-electron chi connectivity index (χ3n) is 0. The summed E-state index contributed by atoms with van der Waals surface area (Å²) >= 11 is 0. The molecule has 10 heavy (non-hydrogen) atoms. The van der Waals surface area contributed by atoms with E-state index in [0.29, 0.717) is 0 Å². The van der Waals surface area contributed by atoms with Gasteiger partial charge < -0.3 is 30.6 Å². The summed E-state index contributed by atoms with van der Waals surface area (Å²) in [5, 5.41) is 29.5. The Morgan fingerprint density at radius 3 is 0.700 bits per heavy atom. The van der Waals surface area contributed by atoms with Crippen molar-refractivity contribution >= 4 is 54.6 Å². The molecule has 0 fully saturated rings. The van der Waals surface area contributed by atoms with Crippen molar-refractivity contribution in [2.24, 2.45) is 0 Å². The van der Waals surface area contributed by atoms with Gasteiger partial charge in [-0.2, -0.15) is 0 Å². The summed E-state index contributed by atoms with van der Waals surface area (Å²) in [6.07, 6.45) is 0. The first-order chi connectivity index (χ1) is 3.46. The Kier molecular flexibility index (Phi) is 36.2. The minimum Gasteiger partial charge on any atom is -0.356 e. The summed E-state index contributed by atoms with van der Waals surface area (Å²) in [7, 11) is 0. The van der Waals surface area contributed by atoms with Gasteiger partial charge in [0.15, 0.2) is 0 Å². The van der Waals surface area contributed by atoms with Crippen molar-refractivity contribution in [2.45, 2.75) is 0 Å². The van der Waals surface area contributed by atoms with E-state index in [1.807, 2.05) is 0 Å². The topological polar surface area (TPSA) is 132 Å². The van der Waals surface area contributed by atoms with E-state index in [2.05, 4.69) is 0 Å². The largest absolute Gasteiger partial charge is 1.00 e. The number of hydrogen-bond donors (Lipinski definition) is 0. The van der Waals surface area contributed by atoms with E-state index in [-0.39, 0.29) is 54.6 Å². The van der Waals surface area contributed by atoms with E-state index < -0.39 is 10.2 Å². The smallest absolute Gasteiger partial charge is 0.356 e. The summed E-state index contributed by atoms with van der Waals surface area (Å²) in [5.41, 5.74) is 0. The predicted octanol–water partition coefficient (Wildman–Crippen LogP) is -1.24. The van der Waals surface area contributed by atoms with Crippen molar-refractivity contribution in [3.63, 3.8) is 0 Å². The van der Waals surface area contributed by atoms with Gasteiger partial charge in [0.1, 0.15) is 0 Å². The molecule has 10 heteroatoms. The van der Waals surface area contributed by atoms with Crippen LogP contribution in [0, 0.1) is 30.6 Å². The first-order valence-electron chi connectivity index (χ1n) is 1.10. The average molecular weight is 533 g/mol. The molecular weight excluding hydrogens is 533 g/mol. The van der Waals surface area contributed by atoms with E-state index in [9.17, 15) is 0 Å². The van der Waals surface area contributed by atoms with Gasteiger partial charge in [-0.15, -0.1) is 0 Å². The first-order valence-corrected chi connectivity index (χ1v) is 1.10. The van der Waals surface area contributed by atoms with Crippen LogP contribution in [0.25, 0.3) is 0 Å². The molecular formula is N2O6Tl2. The van der Waals surface area contributed by atoms with Crippen LogP contribution in [0.5, 0.6) is 0 Å². The molecule has 0 rings (SSSR count). The van der Waals surface area contributed by atoms with E-state index in [1.165, 1.54) is 0 Å². The molecule has 0 amide bonds. The van der Waals surface area contributed by atoms with Gasteiger partial charge in [-0.25, -0.2) is 0 Å². The summed E-state index contributed by atoms with van der Waals surface area (Å²) in [6.45, 7) is 0. The minimum atomic E-state index is -1.75. The molecule has 0 heterocycles. The van der Waals surface area contributed by atoms with Crippen molar-refractivity contribution in [3.8, 4) is 0 Å². The molecule has 0 aromatic heterocycles. The molecule has 0 aliphatic rings.